The molecular formula is C61H45N5S2. The highest BCUT2D eigenvalue weighted by Crippen LogP contribution is 2.53. The van der Waals surface area contributed by atoms with Gasteiger partial charge >= 0.3 is 0 Å². The maximum absolute atomic E-state index is 5.27. The number of hydrogen-bond acceptors (Lipinski definition) is 7. The normalized spacial score (nSPS) is 12.5. The van der Waals surface area contributed by atoms with Crippen molar-refractivity contribution in [3.8, 4) is 56.4 Å². The Hall–Kier alpha value is -7.71. The van der Waals surface area contributed by atoms with Crippen molar-refractivity contribution in [1.29, 1.82) is 0 Å². The Labute approximate surface area is 406 Å². The molecule has 3 heterocycles. The number of benzene rings is 9. The highest BCUT2D eigenvalue weighted by Gasteiger charge is 2.26. The van der Waals surface area contributed by atoms with Gasteiger partial charge in [-0.2, -0.15) is 0 Å². The van der Waals surface area contributed by atoms with Gasteiger partial charge in [0.1, 0.15) is 0 Å². The SMILES string of the molecule is Cc1cc(-c2nc(-c3ccccc3)nc(-c3cc(C)c(-c4ccc(N5c6ccccc6Sc6ccccc65)cc4)cc3C)n2)c(C)cc1-c1ccc(N2c3ccccc3Sc3ccccc32)cc1. The fourth-order valence-electron chi connectivity index (χ4n) is 9.62. The molecule has 9 aromatic carbocycles. The van der Waals surface area contributed by atoms with Gasteiger partial charge in [-0.3, -0.25) is 0 Å². The van der Waals surface area contributed by atoms with Gasteiger partial charge in [-0.15, -0.1) is 0 Å². The van der Waals surface area contributed by atoms with E-state index in [1.165, 1.54) is 53.5 Å². The molecule has 0 bridgehead atoms. The van der Waals surface area contributed by atoms with Gasteiger partial charge in [0.05, 0.1) is 22.7 Å². The topological polar surface area (TPSA) is 45.2 Å². The summed E-state index contributed by atoms with van der Waals surface area (Å²) < 4.78 is 0. The van der Waals surface area contributed by atoms with Crippen molar-refractivity contribution in [2.75, 3.05) is 9.80 Å². The molecule has 10 aromatic rings. The third kappa shape index (κ3) is 7.45. The smallest absolute Gasteiger partial charge is 0.164 e. The predicted molar refractivity (Wildman–Crippen MR) is 284 cm³/mol. The van der Waals surface area contributed by atoms with Crippen molar-refractivity contribution in [1.82, 2.24) is 15.0 Å². The Kier molecular flexibility index (Phi) is 10.5. The van der Waals surface area contributed by atoms with Crippen LogP contribution in [0.25, 0.3) is 56.4 Å². The van der Waals surface area contributed by atoms with Crippen LogP contribution in [0.15, 0.2) is 220 Å². The van der Waals surface area contributed by atoms with E-state index in [0.717, 1.165) is 61.4 Å². The Morgan fingerprint density at radius 3 is 0.985 bits per heavy atom. The van der Waals surface area contributed by atoms with E-state index in [4.69, 9.17) is 15.0 Å². The molecule has 0 unspecified atom stereocenters. The largest absolute Gasteiger partial charge is 0.308 e. The standard InChI is InChI=1S/C61H45N5S2/c1-38-36-49(40(3)34-47(38)42-26-30-45(31-27-42)65-51-18-8-12-22-55(51)67-56-23-13-9-19-52(56)65)60-62-59(44-16-6-5-7-17-44)63-61(64-60)50-37-39(2)48(35-41(50)4)43-28-32-46(33-29-43)66-53-20-10-14-24-57(53)68-58-25-15-11-21-54(58)66/h5-37H,1-4H3. The summed E-state index contributed by atoms with van der Waals surface area (Å²) in [6, 6.07) is 71.8. The molecule has 1 aromatic heterocycles. The summed E-state index contributed by atoms with van der Waals surface area (Å²) >= 11 is 3.65. The molecule has 0 aliphatic carbocycles. The lowest BCUT2D eigenvalue weighted by molar-refractivity contribution is 1.07. The molecule has 0 spiro atoms. The van der Waals surface area contributed by atoms with E-state index in [1.54, 1.807) is 0 Å². The third-order valence-electron chi connectivity index (χ3n) is 13.0. The van der Waals surface area contributed by atoms with Crippen LogP contribution in [0.3, 0.4) is 0 Å². The van der Waals surface area contributed by atoms with Gasteiger partial charge in [-0.05, 0) is 157 Å². The van der Waals surface area contributed by atoms with E-state index < -0.39 is 0 Å². The second-order valence-electron chi connectivity index (χ2n) is 17.5. The summed E-state index contributed by atoms with van der Waals surface area (Å²) in [6.07, 6.45) is 0. The van der Waals surface area contributed by atoms with E-state index in [9.17, 15) is 0 Å². The van der Waals surface area contributed by atoms with Crippen LogP contribution in [0.2, 0.25) is 0 Å². The summed E-state index contributed by atoms with van der Waals surface area (Å²) in [5, 5.41) is 0. The van der Waals surface area contributed by atoms with E-state index in [0.29, 0.717) is 17.5 Å². The first-order valence-electron chi connectivity index (χ1n) is 22.9. The van der Waals surface area contributed by atoms with Crippen molar-refractivity contribution in [3.05, 3.63) is 222 Å². The number of aromatic nitrogens is 3. The molecule has 5 nitrogen and oxygen atoms in total. The number of nitrogens with zero attached hydrogens (tertiary/aromatic N) is 5. The van der Waals surface area contributed by atoms with Gasteiger partial charge in [0.15, 0.2) is 17.5 Å². The number of hydrogen-bond donors (Lipinski definition) is 0. The predicted octanol–water partition coefficient (Wildman–Crippen LogP) is 17.3. The Balaban J connectivity index is 0.877. The van der Waals surface area contributed by atoms with Crippen LogP contribution in [0, 0.1) is 27.7 Å². The number of anilines is 6. The first-order valence-corrected chi connectivity index (χ1v) is 24.6. The molecule has 0 saturated heterocycles. The Bertz CT molecular complexity index is 3260. The summed E-state index contributed by atoms with van der Waals surface area (Å²) in [5.74, 6) is 1.97. The lowest BCUT2D eigenvalue weighted by Crippen LogP contribution is -2.14. The molecule has 0 fully saturated rings. The van der Waals surface area contributed by atoms with E-state index in [-0.39, 0.29) is 0 Å². The number of para-hydroxylation sites is 4. The van der Waals surface area contributed by atoms with Crippen molar-refractivity contribution >= 4 is 57.6 Å². The van der Waals surface area contributed by atoms with Gasteiger partial charge < -0.3 is 9.80 Å². The first-order chi connectivity index (χ1) is 33.3. The number of aryl methyl sites for hydroxylation is 4. The zero-order valence-corrected chi connectivity index (χ0v) is 39.7. The van der Waals surface area contributed by atoms with Crippen LogP contribution >= 0.6 is 23.5 Å². The minimum absolute atomic E-state index is 0.651. The first kappa shape index (κ1) is 41.7. The summed E-state index contributed by atoms with van der Waals surface area (Å²) in [6.45, 7) is 8.69. The minimum Gasteiger partial charge on any atom is -0.308 e. The molecule has 12 rings (SSSR count). The Morgan fingerprint density at radius 1 is 0.294 bits per heavy atom. The fraction of sp³-hybridized carbons (Fsp3) is 0.0656. The minimum atomic E-state index is 0.651. The number of rotatable bonds is 7. The molecule has 0 N–H and O–H groups in total. The van der Waals surface area contributed by atoms with Crippen molar-refractivity contribution in [3.63, 3.8) is 0 Å². The van der Waals surface area contributed by atoms with E-state index in [1.807, 2.05) is 41.7 Å². The Morgan fingerprint density at radius 2 is 0.603 bits per heavy atom. The molecule has 326 valence electrons. The summed E-state index contributed by atoms with van der Waals surface area (Å²) in [7, 11) is 0. The quantitative estimate of drug-likeness (QED) is 0.158. The van der Waals surface area contributed by atoms with E-state index >= 15 is 0 Å². The van der Waals surface area contributed by atoms with Crippen LogP contribution in [0.5, 0.6) is 0 Å². The zero-order valence-electron chi connectivity index (χ0n) is 38.1. The molecular weight excluding hydrogens is 867 g/mol. The zero-order chi connectivity index (χ0) is 45.9. The second kappa shape index (κ2) is 17.2. The van der Waals surface area contributed by atoms with E-state index in [2.05, 4.69) is 219 Å². The van der Waals surface area contributed by atoms with Crippen LogP contribution in [-0.2, 0) is 0 Å². The van der Waals surface area contributed by atoms with Crippen LogP contribution in [0.1, 0.15) is 22.3 Å². The molecule has 2 aliphatic heterocycles. The molecule has 68 heavy (non-hydrogen) atoms. The molecule has 2 aliphatic rings. The highest BCUT2D eigenvalue weighted by atomic mass is 32.2. The highest BCUT2D eigenvalue weighted by molar-refractivity contribution is 8.00. The molecule has 7 heteroatoms. The number of fused-ring (bicyclic) bond motifs is 4. The maximum Gasteiger partial charge on any atom is 0.164 e. The fourth-order valence-corrected chi connectivity index (χ4v) is 11.7. The molecule has 0 atom stereocenters. The molecule has 0 radical (unpaired) electrons. The molecule has 0 saturated carbocycles. The average molecular weight is 912 g/mol. The van der Waals surface area contributed by atoms with Crippen molar-refractivity contribution < 1.29 is 0 Å². The third-order valence-corrected chi connectivity index (χ3v) is 15.3. The van der Waals surface area contributed by atoms with Gasteiger partial charge in [0.25, 0.3) is 0 Å². The summed E-state index contributed by atoms with van der Waals surface area (Å²) in [4.78, 5) is 25.4. The summed E-state index contributed by atoms with van der Waals surface area (Å²) in [5.41, 5.74) is 19.2. The van der Waals surface area contributed by atoms with Crippen LogP contribution < -0.4 is 9.80 Å². The monoisotopic (exact) mass is 911 g/mol. The van der Waals surface area contributed by atoms with Crippen molar-refractivity contribution in [2.24, 2.45) is 0 Å². The molecule has 0 amide bonds. The van der Waals surface area contributed by atoms with Gasteiger partial charge in [-0.1, -0.05) is 139 Å². The maximum atomic E-state index is 5.27. The van der Waals surface area contributed by atoms with Crippen LogP contribution in [-0.4, -0.2) is 15.0 Å². The average Bonchev–Trinajstić information content (AvgIpc) is 3.38. The lowest BCUT2D eigenvalue weighted by Gasteiger charge is -2.32. The second-order valence-corrected chi connectivity index (χ2v) is 19.6. The van der Waals surface area contributed by atoms with Gasteiger partial charge in [0, 0.05) is 47.6 Å². The van der Waals surface area contributed by atoms with Crippen LogP contribution in [0.4, 0.5) is 34.1 Å². The lowest BCUT2D eigenvalue weighted by atomic mass is 9.93. The van der Waals surface area contributed by atoms with Gasteiger partial charge in [0.2, 0.25) is 0 Å². The van der Waals surface area contributed by atoms with Gasteiger partial charge in [-0.25, -0.2) is 15.0 Å². The van der Waals surface area contributed by atoms with Crippen molar-refractivity contribution in [2.45, 2.75) is 47.3 Å².